The topological polar surface area (TPSA) is 545 Å². The Morgan fingerprint density at radius 2 is 0.653 bits per heavy atom. The molecule has 6 saturated heterocycles. The van der Waals surface area contributed by atoms with Gasteiger partial charge in [-0.25, -0.2) is 0 Å². The maximum absolute atomic E-state index is 12.4. The molecule has 98 heavy (non-hydrogen) atoms. The minimum absolute atomic E-state index is 0.0649. The molecule has 36 nitrogen and oxygen atoms in total. The van der Waals surface area contributed by atoms with E-state index in [0.717, 1.165) is 74.0 Å². The molecule has 0 aliphatic carbocycles. The third-order valence-electron chi connectivity index (χ3n) is 17.7. The van der Waals surface area contributed by atoms with Crippen LogP contribution < -0.4 is 10.6 Å². The molecule has 0 aromatic carbocycles. The van der Waals surface area contributed by atoms with E-state index in [1.807, 2.05) is 0 Å². The summed E-state index contributed by atoms with van der Waals surface area (Å²) in [5.74, 6) is -2.52. The first-order valence-corrected chi connectivity index (χ1v) is 35.6. The molecule has 0 radical (unpaired) electrons. The van der Waals surface area contributed by atoms with E-state index in [9.17, 15) is 101 Å². The molecule has 6 aliphatic heterocycles. The lowest BCUT2D eigenvalue weighted by Gasteiger charge is -2.48. The minimum Gasteiger partial charge on any atom is -0.469 e. The number of esters is 2. The fourth-order valence-corrected chi connectivity index (χ4v) is 14.3. The van der Waals surface area contributed by atoms with E-state index >= 15 is 0 Å². The third-order valence-corrected chi connectivity index (χ3v) is 20.1. The van der Waals surface area contributed by atoms with Crippen LogP contribution in [0.25, 0.3) is 0 Å². The summed E-state index contributed by atoms with van der Waals surface area (Å²) in [7, 11) is 4.56. The second-order valence-electron chi connectivity index (χ2n) is 25.0. The van der Waals surface area contributed by atoms with E-state index in [4.69, 9.17) is 56.8 Å². The van der Waals surface area contributed by atoms with E-state index in [-0.39, 0.29) is 36.7 Å². The van der Waals surface area contributed by atoms with Crippen molar-refractivity contribution in [3.05, 3.63) is 0 Å². The van der Waals surface area contributed by atoms with Gasteiger partial charge in [-0.2, -0.15) is 0 Å². The van der Waals surface area contributed by atoms with E-state index < -0.39 is 222 Å². The van der Waals surface area contributed by atoms with Crippen molar-refractivity contribution < 1.29 is 167 Å². The summed E-state index contributed by atoms with van der Waals surface area (Å²) in [6.45, 7) is -0.796. The second-order valence-corrected chi connectivity index (χ2v) is 27.6. The predicted octanol–water partition coefficient (Wildman–Crippen LogP) is -6.59. The Hall–Kier alpha value is -2.54. The zero-order chi connectivity index (χ0) is 71.9. The fourth-order valence-electron chi connectivity index (χ4n) is 11.9. The van der Waals surface area contributed by atoms with Gasteiger partial charge >= 0.3 is 11.9 Å². The van der Waals surface area contributed by atoms with Crippen LogP contribution in [-0.4, -0.2) is 355 Å². The average Bonchev–Trinajstić information content (AvgIpc) is 0.785. The molecule has 30 atom stereocenters. The highest BCUT2D eigenvalue weighted by Gasteiger charge is 2.55. The van der Waals surface area contributed by atoms with Crippen LogP contribution >= 0.6 is 21.6 Å². The van der Waals surface area contributed by atoms with E-state index in [0.29, 0.717) is 51.4 Å². The number of unbranched alkanes of at least 4 members (excludes halogenated alkanes) is 10. The molecule has 0 aromatic heterocycles. The van der Waals surface area contributed by atoms with Crippen LogP contribution in [0.15, 0.2) is 0 Å². The Kier molecular flexibility index (Phi) is 36.5. The first-order valence-electron chi connectivity index (χ1n) is 33.1. The van der Waals surface area contributed by atoms with Crippen LogP contribution in [0.5, 0.6) is 0 Å². The van der Waals surface area contributed by atoms with Crippen LogP contribution in [0, 0.1) is 0 Å². The molecular formula is C60H104N2O34S2. The van der Waals surface area contributed by atoms with Gasteiger partial charge in [0.25, 0.3) is 0 Å². The number of hydrogen-bond donors (Lipinski definition) is 18. The van der Waals surface area contributed by atoms with Crippen LogP contribution in [0.2, 0.25) is 0 Å². The van der Waals surface area contributed by atoms with Crippen LogP contribution in [-0.2, 0) is 85.5 Å². The average molecular weight is 1460 g/mol. The molecule has 0 saturated carbocycles. The molecule has 6 rings (SSSR count). The zero-order valence-corrected chi connectivity index (χ0v) is 56.8. The number of methoxy groups -OCH3 is 2. The van der Waals surface area contributed by atoms with Gasteiger partial charge in [0.05, 0.1) is 52.9 Å². The van der Waals surface area contributed by atoms with Crippen molar-refractivity contribution in [3.63, 3.8) is 0 Å². The molecule has 38 heteroatoms. The first-order chi connectivity index (χ1) is 46.8. The lowest BCUT2D eigenvalue weighted by atomic mass is 9.96. The minimum atomic E-state index is -2.00. The molecule has 0 unspecified atom stereocenters. The molecule has 18 N–H and O–H groups in total. The number of aliphatic hydroxyl groups is 16. The molecular weight excluding hydrogens is 1360 g/mol. The van der Waals surface area contributed by atoms with Crippen LogP contribution in [0.4, 0.5) is 0 Å². The van der Waals surface area contributed by atoms with Gasteiger partial charge in [-0.1, -0.05) is 73.0 Å². The van der Waals surface area contributed by atoms with Crippen molar-refractivity contribution in [2.45, 2.75) is 288 Å². The highest BCUT2D eigenvalue weighted by Crippen LogP contribution is 2.38. The normalized spacial score (nSPS) is 40.0. The Balaban J connectivity index is 1.15. The van der Waals surface area contributed by atoms with E-state index in [1.54, 1.807) is 0 Å². The second kappa shape index (κ2) is 42.4. The highest BCUT2D eigenvalue weighted by molar-refractivity contribution is 8.76. The largest absolute Gasteiger partial charge is 0.469 e. The summed E-state index contributed by atoms with van der Waals surface area (Å²) in [5.41, 5.74) is 0. The summed E-state index contributed by atoms with van der Waals surface area (Å²) < 4.78 is 81.0. The van der Waals surface area contributed by atoms with Crippen molar-refractivity contribution in [1.29, 1.82) is 0 Å². The molecule has 2 amide bonds. The van der Waals surface area contributed by atoms with Crippen LogP contribution in [0.1, 0.15) is 104 Å². The molecule has 6 aliphatic rings. The van der Waals surface area contributed by atoms with E-state index in [1.165, 1.54) is 14.2 Å². The Bertz CT molecular complexity index is 2190. The fraction of sp³-hybridized carbons (Fsp3) is 0.933. The smallest absolute Gasteiger partial charge is 0.305 e. The Morgan fingerprint density at radius 3 is 0.990 bits per heavy atom. The zero-order valence-electron chi connectivity index (χ0n) is 55.2. The van der Waals surface area contributed by atoms with E-state index in [2.05, 4.69) is 20.1 Å². The standard InChI is InChI=1S/C60H104N2O34S2/c1-27(65)61-37-45(75)39(69)29(21-63)89-55(37)95-53-49(79)43(73)33(93-59(53)87-23-31-41(71)47(77)51(81)57(91-31)85-19-15-11-7-5-9-13-17-35(67)83-3)25-97-98-26-34-44(74)50(80)54(96-56-38(62-28(2)66)46(76)40(70)30(22-64)90-56)60(94-34)88-24-32-42(72)48(78)52(82)58(92-32)86-20-16-12-8-6-10-14-18-36(68)84-4/h29-34,37-60,63-64,69-82H,5-26H2,1-4H3,(H,61,65)(H,62,66)/t29-,30-,31-,32-,33-,34-,37-,38-,39-,40-,41-,42-,43-,44-,45-,46-,47+,48+,49+,50+,51+,52+,53+,54+,55+,56+,57-,58-,59+,60+/m1/s1. The number of aliphatic hydroxyl groups excluding tert-OH is 16. The van der Waals surface area contributed by atoms with Crippen molar-refractivity contribution in [1.82, 2.24) is 10.6 Å². The number of carbonyl (C=O) groups excluding carboxylic acids is 4. The summed E-state index contributed by atoms with van der Waals surface area (Å²) in [6, 6.07) is -3.13. The van der Waals surface area contributed by atoms with Gasteiger partial charge in [-0.3, -0.25) is 19.2 Å². The number of nitrogens with one attached hydrogen (secondary N) is 2. The van der Waals surface area contributed by atoms with Gasteiger partial charge in [-0.05, 0) is 25.7 Å². The third kappa shape index (κ3) is 24.0. The molecule has 0 bridgehead atoms. The maximum atomic E-state index is 12.4. The number of carbonyl (C=O) groups is 4. The van der Waals surface area contributed by atoms with Crippen molar-refractivity contribution in [2.75, 3.05) is 65.4 Å². The van der Waals surface area contributed by atoms with Crippen LogP contribution in [0.3, 0.4) is 0 Å². The summed E-state index contributed by atoms with van der Waals surface area (Å²) in [6.07, 6.45) is -38.9. The number of ether oxygens (including phenoxy) is 14. The van der Waals surface area contributed by atoms with Gasteiger partial charge in [0.2, 0.25) is 11.8 Å². The van der Waals surface area contributed by atoms with Gasteiger partial charge in [0.1, 0.15) is 134 Å². The van der Waals surface area contributed by atoms with Crippen molar-refractivity contribution in [2.24, 2.45) is 0 Å². The number of hydrogen-bond acceptors (Lipinski definition) is 36. The lowest BCUT2D eigenvalue weighted by Crippen LogP contribution is -2.67. The summed E-state index contributed by atoms with van der Waals surface area (Å²) in [4.78, 5) is 47.5. The quantitative estimate of drug-likeness (QED) is 0.0155. The molecule has 570 valence electrons. The number of amides is 2. The summed E-state index contributed by atoms with van der Waals surface area (Å²) >= 11 is 0. The number of rotatable bonds is 39. The van der Waals surface area contributed by atoms with Gasteiger partial charge < -0.3 is 159 Å². The van der Waals surface area contributed by atoms with Gasteiger partial charge in [0.15, 0.2) is 37.7 Å². The maximum Gasteiger partial charge on any atom is 0.305 e. The Labute approximate surface area is 574 Å². The van der Waals surface area contributed by atoms with Gasteiger partial charge in [-0.15, -0.1) is 0 Å². The van der Waals surface area contributed by atoms with Crippen molar-refractivity contribution >= 4 is 45.3 Å². The molecule has 6 fully saturated rings. The molecule has 0 aromatic rings. The predicted molar refractivity (Wildman–Crippen MR) is 333 cm³/mol. The first kappa shape index (κ1) is 84.4. The lowest BCUT2D eigenvalue weighted by molar-refractivity contribution is -0.360. The highest BCUT2D eigenvalue weighted by atomic mass is 33.1. The Morgan fingerprint density at radius 1 is 0.347 bits per heavy atom. The SMILES string of the molecule is COC(=O)CCCCCCCCO[C@@H]1O[C@H](CO[C@H]2O[C@H](CSSC[C@H]3O[C@H](OC[C@H]4O[C@@H](OCCCCCCCCC(=O)OC)[C@@H](O)[C@@H](O)[C@@H]4O)[C@@H](O[C@@H]4O[C@H](CO)[C@@H](O)[C@H](O)[C@H]4NC(C)=O)[C@@H](O)[C@@H]3O)[C@@H](O)[C@H](O)[C@@H]2O[C@@H]2O[C@H](CO)[C@@H](O)[C@H](O)[C@H]2NC(C)=O)[C@@H](O)[C@H](O)[C@@H]1O. The monoisotopic (exact) mass is 1460 g/mol. The summed E-state index contributed by atoms with van der Waals surface area (Å²) in [5, 5.41) is 182. The molecule has 6 heterocycles. The molecule has 0 spiro atoms. The van der Waals surface area contributed by atoms with Crippen molar-refractivity contribution in [3.8, 4) is 0 Å². The van der Waals surface area contributed by atoms with Gasteiger partial charge in [0, 0.05) is 51.4 Å².